The van der Waals surface area contributed by atoms with E-state index < -0.39 is 0 Å². The van der Waals surface area contributed by atoms with E-state index in [9.17, 15) is 4.79 Å². The van der Waals surface area contributed by atoms with Gasteiger partial charge in [-0.2, -0.15) is 0 Å². The summed E-state index contributed by atoms with van der Waals surface area (Å²) in [5, 5.41) is 0.972. The number of nitrogens with zero attached hydrogens (tertiary/aromatic N) is 3. The quantitative estimate of drug-likeness (QED) is 0.336. The molecule has 0 spiro atoms. The molecule has 0 radical (unpaired) electrons. The molecular formula is C27H24Cl2N4O3. The lowest BCUT2D eigenvalue weighted by molar-refractivity contribution is 0.0769. The van der Waals surface area contributed by atoms with Crippen molar-refractivity contribution >= 4 is 34.8 Å². The normalized spacial score (nSPS) is 18.2. The fourth-order valence-corrected chi connectivity index (χ4v) is 4.93. The highest BCUT2D eigenvalue weighted by molar-refractivity contribution is 6.42. The first-order chi connectivity index (χ1) is 17.4. The molecule has 4 aromatic rings. The fourth-order valence-electron chi connectivity index (χ4n) is 4.62. The molecule has 2 N–H and O–H groups in total. The molecule has 2 aromatic carbocycles. The van der Waals surface area contributed by atoms with Gasteiger partial charge in [-0.1, -0.05) is 41.4 Å². The Kier molecular flexibility index (Phi) is 6.85. The van der Waals surface area contributed by atoms with Gasteiger partial charge >= 0.3 is 0 Å². The number of carbonyl (C=O) groups excluding carboxylic acids is 1. The second-order valence-corrected chi connectivity index (χ2v) is 9.66. The minimum Gasteiger partial charge on any atom is -0.474 e. The number of benzene rings is 2. The summed E-state index contributed by atoms with van der Waals surface area (Å²) in [6, 6.07) is 16.4. The maximum atomic E-state index is 13.5. The number of carbonyl (C=O) groups is 1. The number of nitrogens with two attached hydrogens (primary N) is 1. The first-order valence-electron chi connectivity index (χ1n) is 11.5. The standard InChI is InChI=1S/C27H24Cl2N4O3/c1-16(36-26-9-7-20(30)11-32-26)21-13-33(14-22(21)19-6-8-23(28)24(29)10-19)27(34)18-4-2-17(3-5-18)25-12-31-15-35-25/h2-12,15-16,21-22H,13-14,30H2,1H3/t16-,21+,22+/m0/s1. The highest BCUT2D eigenvalue weighted by Crippen LogP contribution is 2.39. The van der Waals surface area contributed by atoms with Crippen molar-refractivity contribution in [3.05, 3.63) is 94.6 Å². The Labute approximate surface area is 218 Å². The molecule has 1 amide bonds. The largest absolute Gasteiger partial charge is 0.474 e. The lowest BCUT2D eigenvalue weighted by Crippen LogP contribution is -2.32. The molecule has 1 saturated heterocycles. The number of anilines is 1. The molecule has 7 nitrogen and oxygen atoms in total. The predicted octanol–water partition coefficient (Wildman–Crippen LogP) is 5.95. The Morgan fingerprint density at radius 3 is 2.56 bits per heavy atom. The summed E-state index contributed by atoms with van der Waals surface area (Å²) in [5.41, 5.74) is 8.78. The zero-order valence-electron chi connectivity index (χ0n) is 19.5. The van der Waals surface area contributed by atoms with Crippen LogP contribution in [0.3, 0.4) is 0 Å². The van der Waals surface area contributed by atoms with Gasteiger partial charge in [0.1, 0.15) is 6.10 Å². The van der Waals surface area contributed by atoms with Crippen molar-refractivity contribution in [3.63, 3.8) is 0 Å². The molecule has 3 heterocycles. The first-order valence-corrected chi connectivity index (χ1v) is 12.3. The number of hydrogen-bond acceptors (Lipinski definition) is 6. The summed E-state index contributed by atoms with van der Waals surface area (Å²) < 4.78 is 11.5. The molecule has 0 bridgehead atoms. The number of oxazole rings is 1. The zero-order valence-corrected chi connectivity index (χ0v) is 21.0. The Morgan fingerprint density at radius 2 is 1.89 bits per heavy atom. The molecule has 1 aliphatic heterocycles. The summed E-state index contributed by atoms with van der Waals surface area (Å²) in [6.07, 6.45) is 4.35. The van der Waals surface area contributed by atoms with Gasteiger partial charge in [-0.25, -0.2) is 9.97 Å². The third-order valence-electron chi connectivity index (χ3n) is 6.54. The van der Waals surface area contributed by atoms with Crippen molar-refractivity contribution in [2.24, 2.45) is 5.92 Å². The van der Waals surface area contributed by atoms with Crippen molar-refractivity contribution in [2.75, 3.05) is 18.8 Å². The van der Waals surface area contributed by atoms with Crippen LogP contribution in [0.25, 0.3) is 11.3 Å². The third kappa shape index (κ3) is 5.03. The second kappa shape index (κ2) is 10.2. The highest BCUT2D eigenvalue weighted by atomic mass is 35.5. The van der Waals surface area contributed by atoms with Crippen molar-refractivity contribution in [2.45, 2.75) is 18.9 Å². The van der Waals surface area contributed by atoms with E-state index in [1.165, 1.54) is 6.39 Å². The van der Waals surface area contributed by atoms with E-state index in [-0.39, 0.29) is 23.8 Å². The average Bonchev–Trinajstić information content (AvgIpc) is 3.58. The molecule has 0 saturated carbocycles. The maximum absolute atomic E-state index is 13.5. The van der Waals surface area contributed by atoms with Crippen molar-refractivity contribution in [1.82, 2.24) is 14.9 Å². The Hall–Kier alpha value is -3.55. The molecule has 3 atom stereocenters. The van der Waals surface area contributed by atoms with Gasteiger partial charge in [-0.15, -0.1) is 0 Å². The number of halogens is 2. The minimum atomic E-state index is -0.229. The molecule has 184 valence electrons. The number of hydrogen-bond donors (Lipinski definition) is 1. The zero-order chi connectivity index (χ0) is 25.2. The molecule has 9 heteroatoms. The number of nitrogen functional groups attached to an aromatic ring is 1. The Bertz CT molecular complexity index is 1340. The van der Waals surface area contributed by atoms with Gasteiger partial charge in [0.05, 0.1) is 28.1 Å². The van der Waals surface area contributed by atoms with Crippen LogP contribution in [0.5, 0.6) is 5.88 Å². The van der Waals surface area contributed by atoms with E-state index in [1.807, 2.05) is 36.1 Å². The molecular weight excluding hydrogens is 499 g/mol. The number of rotatable bonds is 6. The summed E-state index contributed by atoms with van der Waals surface area (Å²) >= 11 is 12.5. The molecule has 0 aliphatic carbocycles. The van der Waals surface area contributed by atoms with E-state index in [2.05, 4.69) is 9.97 Å². The van der Waals surface area contributed by atoms with Crippen molar-refractivity contribution in [1.29, 1.82) is 0 Å². The van der Waals surface area contributed by atoms with Crippen LogP contribution in [0.15, 0.2) is 77.8 Å². The Balaban J connectivity index is 1.39. The number of ether oxygens (including phenoxy) is 1. The number of amides is 1. The summed E-state index contributed by atoms with van der Waals surface area (Å²) in [7, 11) is 0. The number of pyridine rings is 1. The van der Waals surface area contributed by atoms with Crippen LogP contribution in [0.4, 0.5) is 5.69 Å². The topological polar surface area (TPSA) is 94.5 Å². The molecule has 1 fully saturated rings. The Morgan fingerprint density at radius 1 is 1.08 bits per heavy atom. The molecule has 36 heavy (non-hydrogen) atoms. The second-order valence-electron chi connectivity index (χ2n) is 8.85. The molecule has 2 aromatic heterocycles. The van der Waals surface area contributed by atoms with Crippen molar-refractivity contribution < 1.29 is 13.9 Å². The predicted molar refractivity (Wildman–Crippen MR) is 139 cm³/mol. The van der Waals surface area contributed by atoms with Crippen molar-refractivity contribution in [3.8, 4) is 17.2 Å². The van der Waals surface area contributed by atoms with Gasteiger partial charge in [0.25, 0.3) is 5.91 Å². The van der Waals surface area contributed by atoms with Gasteiger partial charge in [-0.05, 0) is 42.8 Å². The van der Waals surface area contributed by atoms with E-state index >= 15 is 0 Å². The number of aromatic nitrogens is 2. The summed E-state index contributed by atoms with van der Waals surface area (Å²) in [5.74, 6) is 1.08. The van der Waals surface area contributed by atoms with E-state index in [0.29, 0.717) is 46.0 Å². The van der Waals surface area contributed by atoms with E-state index in [0.717, 1.165) is 11.1 Å². The van der Waals surface area contributed by atoms with E-state index in [1.54, 1.807) is 42.7 Å². The summed E-state index contributed by atoms with van der Waals surface area (Å²) in [4.78, 5) is 23.6. The average molecular weight is 523 g/mol. The first kappa shape index (κ1) is 24.2. The minimum absolute atomic E-state index is 0.000893. The smallest absolute Gasteiger partial charge is 0.253 e. The SMILES string of the molecule is C[C@H](Oc1ccc(N)cn1)[C@H]1CN(C(=O)c2ccc(-c3cnco3)cc2)C[C@@H]1c1ccc(Cl)c(Cl)c1. The van der Waals surface area contributed by atoms with Crippen LogP contribution in [0.2, 0.25) is 10.0 Å². The van der Waals surface area contributed by atoms with E-state index in [4.69, 9.17) is 38.1 Å². The van der Waals surface area contributed by atoms with Gasteiger partial charge in [0.2, 0.25) is 5.88 Å². The van der Waals surface area contributed by atoms with Gasteiger partial charge in [-0.3, -0.25) is 4.79 Å². The highest BCUT2D eigenvalue weighted by Gasteiger charge is 2.40. The van der Waals surface area contributed by atoms with Crippen LogP contribution in [0, 0.1) is 5.92 Å². The lowest BCUT2D eigenvalue weighted by Gasteiger charge is -2.25. The van der Waals surface area contributed by atoms with Crippen LogP contribution in [-0.2, 0) is 0 Å². The molecule has 5 rings (SSSR count). The summed E-state index contributed by atoms with van der Waals surface area (Å²) in [6.45, 7) is 3.03. The van der Waals surface area contributed by atoms with Crippen LogP contribution in [0.1, 0.15) is 28.8 Å². The fraction of sp³-hybridized carbons (Fsp3) is 0.222. The number of likely N-dealkylation sites (tertiary alicyclic amines) is 1. The molecule has 1 aliphatic rings. The lowest BCUT2D eigenvalue weighted by atomic mass is 9.86. The third-order valence-corrected chi connectivity index (χ3v) is 7.28. The van der Waals surface area contributed by atoms with Crippen LogP contribution in [-0.4, -0.2) is 40.0 Å². The van der Waals surface area contributed by atoms with Gasteiger partial charge < -0.3 is 19.8 Å². The van der Waals surface area contributed by atoms with Crippen LogP contribution < -0.4 is 10.5 Å². The van der Waals surface area contributed by atoms with Gasteiger partial charge in [0, 0.05) is 42.1 Å². The molecule has 0 unspecified atom stereocenters. The van der Waals surface area contributed by atoms with Gasteiger partial charge in [0.15, 0.2) is 12.2 Å². The van der Waals surface area contributed by atoms with Crippen LogP contribution >= 0.6 is 23.2 Å². The monoisotopic (exact) mass is 522 g/mol. The maximum Gasteiger partial charge on any atom is 0.253 e.